The third-order valence-corrected chi connectivity index (χ3v) is 2.66. The number of aromatic nitrogens is 2. The molecule has 1 aromatic heterocycles. The summed E-state index contributed by atoms with van der Waals surface area (Å²) in [5, 5.41) is 4.07. The van der Waals surface area contributed by atoms with E-state index in [1.807, 2.05) is 0 Å². The Hall–Kier alpha value is -2.04. The minimum atomic E-state index is -0.941. The van der Waals surface area contributed by atoms with Gasteiger partial charge in [0.1, 0.15) is 0 Å². The number of hydrogen-bond donors (Lipinski definition) is 0. The summed E-state index contributed by atoms with van der Waals surface area (Å²) in [4.78, 5) is 12.0. The predicted molar refractivity (Wildman–Crippen MR) is 62.3 cm³/mol. The Balaban J connectivity index is 2.21. The fourth-order valence-electron chi connectivity index (χ4n) is 1.80. The van der Waals surface area contributed by atoms with Crippen molar-refractivity contribution >= 4 is 5.78 Å². The first-order valence-corrected chi connectivity index (χ1v) is 5.44. The van der Waals surface area contributed by atoms with E-state index in [-0.39, 0.29) is 12.2 Å². The van der Waals surface area contributed by atoms with Crippen molar-refractivity contribution in [3.05, 3.63) is 52.9 Å². The number of ketones is 1. The number of carbonyl (C=O) groups is 1. The number of hydrogen-bond acceptors (Lipinski definition) is 2. The van der Waals surface area contributed by atoms with Crippen molar-refractivity contribution in [1.82, 2.24) is 9.78 Å². The fraction of sp³-hybridized carbons (Fsp3) is 0.231. The molecule has 1 aromatic carbocycles. The zero-order valence-electron chi connectivity index (χ0n) is 10.1. The average molecular weight is 250 g/mol. The zero-order valence-corrected chi connectivity index (χ0v) is 10.1. The van der Waals surface area contributed by atoms with E-state index >= 15 is 0 Å². The minimum absolute atomic E-state index is 0.0315. The second kappa shape index (κ2) is 4.68. The maximum Gasteiger partial charge on any atom is 0.170 e. The molecule has 0 bridgehead atoms. The van der Waals surface area contributed by atoms with Crippen LogP contribution in [0.4, 0.5) is 8.78 Å². The molecule has 0 saturated carbocycles. The van der Waals surface area contributed by atoms with E-state index in [0.717, 1.165) is 12.1 Å². The predicted octanol–water partition coefficient (Wildman–Crippen LogP) is 2.43. The lowest BCUT2D eigenvalue weighted by molar-refractivity contribution is 0.0992. The van der Waals surface area contributed by atoms with Crippen LogP contribution in [0.3, 0.4) is 0 Å². The molecule has 0 fully saturated rings. The average Bonchev–Trinajstić information content (AvgIpc) is 2.63. The van der Waals surface area contributed by atoms with E-state index in [1.54, 1.807) is 24.9 Å². The summed E-state index contributed by atoms with van der Waals surface area (Å²) >= 11 is 0. The Bertz CT molecular complexity index is 605. The van der Waals surface area contributed by atoms with Crippen LogP contribution in [0.5, 0.6) is 0 Å². The van der Waals surface area contributed by atoms with E-state index in [2.05, 4.69) is 5.10 Å². The Kier molecular flexibility index (Phi) is 3.23. The Morgan fingerprint density at radius 1 is 1.33 bits per heavy atom. The van der Waals surface area contributed by atoms with E-state index in [4.69, 9.17) is 0 Å². The lowest BCUT2D eigenvalue weighted by atomic mass is 10.0. The summed E-state index contributed by atoms with van der Waals surface area (Å²) in [6.45, 7) is 1.73. The van der Waals surface area contributed by atoms with Gasteiger partial charge in [0, 0.05) is 19.7 Å². The van der Waals surface area contributed by atoms with Gasteiger partial charge in [0.2, 0.25) is 0 Å². The highest BCUT2D eigenvalue weighted by Gasteiger charge is 2.14. The summed E-state index contributed by atoms with van der Waals surface area (Å²) in [7, 11) is 1.72. The standard InChI is InChI=1S/C13H12F2N2O/c1-8-10(7-17(2)16-8)13(18)6-9-3-4-11(14)12(15)5-9/h3-5,7H,6H2,1-2H3. The zero-order chi connectivity index (χ0) is 13.3. The molecule has 0 radical (unpaired) electrons. The van der Waals surface area contributed by atoms with Crippen LogP contribution in [-0.4, -0.2) is 15.6 Å². The van der Waals surface area contributed by atoms with Crippen LogP contribution >= 0.6 is 0 Å². The quantitative estimate of drug-likeness (QED) is 0.784. The molecule has 0 amide bonds. The SMILES string of the molecule is Cc1nn(C)cc1C(=O)Cc1ccc(F)c(F)c1. The Morgan fingerprint density at radius 3 is 2.61 bits per heavy atom. The highest BCUT2D eigenvalue weighted by Crippen LogP contribution is 2.13. The number of Topliss-reactive ketones (excluding diaryl/α,β-unsaturated/α-hetero) is 1. The third-order valence-electron chi connectivity index (χ3n) is 2.66. The molecule has 0 aliphatic carbocycles. The second-order valence-corrected chi connectivity index (χ2v) is 4.15. The van der Waals surface area contributed by atoms with Crippen LogP contribution in [0, 0.1) is 18.6 Å². The van der Waals surface area contributed by atoms with Gasteiger partial charge in [-0.25, -0.2) is 8.78 Å². The Labute approximate surface area is 103 Å². The van der Waals surface area contributed by atoms with Crippen molar-refractivity contribution in [2.75, 3.05) is 0 Å². The van der Waals surface area contributed by atoms with Gasteiger partial charge in [-0.2, -0.15) is 5.10 Å². The molecule has 0 N–H and O–H groups in total. The summed E-state index contributed by atoms with van der Waals surface area (Å²) in [5.74, 6) is -2.02. The highest BCUT2D eigenvalue weighted by molar-refractivity contribution is 5.98. The smallest absolute Gasteiger partial charge is 0.170 e. The molecule has 2 aromatic rings. The third kappa shape index (κ3) is 2.45. The molecule has 3 nitrogen and oxygen atoms in total. The van der Waals surface area contributed by atoms with Gasteiger partial charge in [0.25, 0.3) is 0 Å². The number of nitrogens with zero attached hydrogens (tertiary/aromatic N) is 2. The number of halogens is 2. The molecule has 2 rings (SSSR count). The largest absolute Gasteiger partial charge is 0.294 e. The molecule has 0 unspecified atom stereocenters. The van der Waals surface area contributed by atoms with Gasteiger partial charge in [-0.15, -0.1) is 0 Å². The lowest BCUT2D eigenvalue weighted by Gasteiger charge is -2.01. The highest BCUT2D eigenvalue weighted by atomic mass is 19.2. The first-order valence-electron chi connectivity index (χ1n) is 5.44. The lowest BCUT2D eigenvalue weighted by Crippen LogP contribution is -2.04. The van der Waals surface area contributed by atoms with Crippen molar-refractivity contribution in [2.24, 2.45) is 7.05 Å². The fourth-order valence-corrected chi connectivity index (χ4v) is 1.80. The van der Waals surface area contributed by atoms with E-state index < -0.39 is 11.6 Å². The van der Waals surface area contributed by atoms with Crippen LogP contribution in [-0.2, 0) is 13.5 Å². The van der Waals surface area contributed by atoms with Gasteiger partial charge in [-0.3, -0.25) is 9.48 Å². The van der Waals surface area contributed by atoms with Gasteiger partial charge < -0.3 is 0 Å². The van der Waals surface area contributed by atoms with Crippen LogP contribution in [0.15, 0.2) is 24.4 Å². The molecule has 1 heterocycles. The summed E-state index contributed by atoms with van der Waals surface area (Å²) in [5.41, 5.74) is 1.58. The van der Waals surface area contributed by atoms with Gasteiger partial charge >= 0.3 is 0 Å². The molecular formula is C13H12F2N2O. The monoisotopic (exact) mass is 250 g/mol. The van der Waals surface area contributed by atoms with Crippen LogP contribution in [0.2, 0.25) is 0 Å². The molecule has 0 aliphatic rings. The molecule has 18 heavy (non-hydrogen) atoms. The van der Waals surface area contributed by atoms with E-state index in [1.165, 1.54) is 6.07 Å². The second-order valence-electron chi connectivity index (χ2n) is 4.15. The van der Waals surface area contributed by atoms with Crippen LogP contribution < -0.4 is 0 Å². The van der Waals surface area contributed by atoms with Gasteiger partial charge in [-0.1, -0.05) is 6.07 Å². The van der Waals surface area contributed by atoms with Gasteiger partial charge in [0.15, 0.2) is 17.4 Å². The summed E-state index contributed by atoms with van der Waals surface area (Å²) < 4.78 is 27.3. The maximum atomic E-state index is 13.0. The van der Waals surface area contributed by atoms with Crippen molar-refractivity contribution < 1.29 is 13.6 Å². The molecule has 5 heteroatoms. The van der Waals surface area contributed by atoms with E-state index in [0.29, 0.717) is 16.8 Å². The molecular weight excluding hydrogens is 238 g/mol. The normalized spacial score (nSPS) is 10.7. The first kappa shape index (κ1) is 12.4. The molecule has 0 spiro atoms. The minimum Gasteiger partial charge on any atom is -0.294 e. The maximum absolute atomic E-state index is 13.0. The topological polar surface area (TPSA) is 34.9 Å². The number of benzene rings is 1. The Morgan fingerprint density at radius 2 is 2.06 bits per heavy atom. The number of aryl methyl sites for hydroxylation is 2. The van der Waals surface area contributed by atoms with Crippen molar-refractivity contribution in [3.63, 3.8) is 0 Å². The van der Waals surface area contributed by atoms with Crippen molar-refractivity contribution in [1.29, 1.82) is 0 Å². The number of carbonyl (C=O) groups excluding carboxylic acids is 1. The van der Waals surface area contributed by atoms with Crippen LogP contribution in [0.25, 0.3) is 0 Å². The molecule has 0 saturated heterocycles. The first-order chi connectivity index (χ1) is 8.47. The van der Waals surface area contributed by atoms with Crippen molar-refractivity contribution in [2.45, 2.75) is 13.3 Å². The van der Waals surface area contributed by atoms with E-state index in [9.17, 15) is 13.6 Å². The molecule has 0 aliphatic heterocycles. The molecule has 0 atom stereocenters. The van der Waals surface area contributed by atoms with Gasteiger partial charge in [0.05, 0.1) is 11.3 Å². The summed E-state index contributed by atoms with van der Waals surface area (Å²) in [6.07, 6.45) is 1.65. The van der Waals surface area contributed by atoms with Gasteiger partial charge in [-0.05, 0) is 24.6 Å². The number of rotatable bonds is 3. The summed E-state index contributed by atoms with van der Waals surface area (Å²) in [6, 6.07) is 3.47. The molecule has 94 valence electrons. The van der Waals surface area contributed by atoms with Crippen molar-refractivity contribution in [3.8, 4) is 0 Å². The van der Waals surface area contributed by atoms with Crippen LogP contribution in [0.1, 0.15) is 21.6 Å².